The minimum absolute atomic E-state index is 0.618. The van der Waals surface area contributed by atoms with Crippen molar-refractivity contribution in [3.8, 4) is 11.5 Å². The molecular weight excluding hydrogens is 310 g/mol. The number of halogens is 1. The number of benzene rings is 1. The normalized spacial score (nSPS) is 10.5. The van der Waals surface area contributed by atoms with E-state index in [1.807, 2.05) is 12.1 Å². The van der Waals surface area contributed by atoms with Crippen molar-refractivity contribution in [1.82, 2.24) is 0 Å². The predicted molar refractivity (Wildman–Crippen MR) is 80.1 cm³/mol. The summed E-state index contributed by atoms with van der Waals surface area (Å²) in [4.78, 5) is 0. The van der Waals surface area contributed by atoms with Crippen LogP contribution in [0.5, 0.6) is 11.5 Å². The van der Waals surface area contributed by atoms with Crippen LogP contribution >= 0.6 is 15.9 Å². The Kier molecular flexibility index (Phi) is 7.86. The van der Waals surface area contributed by atoms with Gasteiger partial charge in [-0.05, 0) is 59.4 Å². The standard InChI is InChI=1S/C14H22BrNO3/c1-17-7-3-4-8-19-14-12(15)9-11(5-6-16)10-13(14)18-2/h9-10H,3-8,16H2,1-2H3. The highest BCUT2D eigenvalue weighted by Gasteiger charge is 2.11. The number of ether oxygens (including phenoxy) is 3. The van der Waals surface area contributed by atoms with Crippen LogP contribution in [0.1, 0.15) is 18.4 Å². The molecule has 5 heteroatoms. The smallest absolute Gasteiger partial charge is 0.175 e. The molecule has 0 saturated heterocycles. The maximum atomic E-state index is 5.78. The highest BCUT2D eigenvalue weighted by Crippen LogP contribution is 2.36. The summed E-state index contributed by atoms with van der Waals surface area (Å²) in [5.74, 6) is 1.49. The molecule has 4 nitrogen and oxygen atoms in total. The van der Waals surface area contributed by atoms with Crippen molar-refractivity contribution in [2.24, 2.45) is 5.73 Å². The molecule has 0 bridgehead atoms. The zero-order valence-electron chi connectivity index (χ0n) is 11.6. The molecule has 0 saturated carbocycles. The van der Waals surface area contributed by atoms with Gasteiger partial charge in [-0.15, -0.1) is 0 Å². The van der Waals surface area contributed by atoms with E-state index in [9.17, 15) is 0 Å². The molecule has 108 valence electrons. The van der Waals surface area contributed by atoms with Gasteiger partial charge in [-0.3, -0.25) is 0 Å². The summed E-state index contributed by atoms with van der Waals surface area (Å²) in [7, 11) is 3.35. The molecule has 0 amide bonds. The van der Waals surface area contributed by atoms with Gasteiger partial charge in [0.05, 0.1) is 18.2 Å². The van der Waals surface area contributed by atoms with Gasteiger partial charge in [0.1, 0.15) is 0 Å². The zero-order chi connectivity index (χ0) is 14.1. The third-order valence-corrected chi connectivity index (χ3v) is 3.30. The molecule has 0 aliphatic carbocycles. The van der Waals surface area contributed by atoms with Crippen LogP contribution in [0.3, 0.4) is 0 Å². The van der Waals surface area contributed by atoms with E-state index in [1.54, 1.807) is 14.2 Å². The second kappa shape index (κ2) is 9.18. The van der Waals surface area contributed by atoms with E-state index in [-0.39, 0.29) is 0 Å². The van der Waals surface area contributed by atoms with Crippen molar-refractivity contribution in [2.75, 3.05) is 34.0 Å². The zero-order valence-corrected chi connectivity index (χ0v) is 13.2. The molecule has 0 fully saturated rings. The molecule has 0 unspecified atom stereocenters. The highest BCUT2D eigenvalue weighted by molar-refractivity contribution is 9.10. The molecule has 19 heavy (non-hydrogen) atoms. The molecule has 1 aromatic carbocycles. The van der Waals surface area contributed by atoms with Crippen molar-refractivity contribution in [3.05, 3.63) is 22.2 Å². The summed E-state index contributed by atoms with van der Waals surface area (Å²) in [6.07, 6.45) is 2.76. The minimum Gasteiger partial charge on any atom is -0.493 e. The molecule has 0 aromatic heterocycles. The van der Waals surface area contributed by atoms with Crippen molar-refractivity contribution in [2.45, 2.75) is 19.3 Å². The summed E-state index contributed by atoms with van der Waals surface area (Å²) >= 11 is 3.52. The van der Waals surface area contributed by atoms with Crippen LogP contribution in [0.15, 0.2) is 16.6 Å². The number of unbranched alkanes of at least 4 members (excludes halogenated alkanes) is 1. The predicted octanol–water partition coefficient (Wildman–Crippen LogP) is 2.76. The number of hydrogen-bond donors (Lipinski definition) is 1. The van der Waals surface area contributed by atoms with Crippen molar-refractivity contribution in [3.63, 3.8) is 0 Å². The molecule has 0 spiro atoms. The fraction of sp³-hybridized carbons (Fsp3) is 0.571. The molecule has 1 rings (SSSR count). The Morgan fingerprint density at radius 2 is 1.89 bits per heavy atom. The average molecular weight is 332 g/mol. The Morgan fingerprint density at radius 3 is 2.53 bits per heavy atom. The number of nitrogens with two attached hydrogens (primary N) is 1. The van der Waals surface area contributed by atoms with Crippen LogP contribution in [0.25, 0.3) is 0 Å². The van der Waals surface area contributed by atoms with Gasteiger partial charge in [0, 0.05) is 13.7 Å². The monoisotopic (exact) mass is 331 g/mol. The lowest BCUT2D eigenvalue weighted by Crippen LogP contribution is -2.05. The number of hydrogen-bond acceptors (Lipinski definition) is 4. The molecule has 0 radical (unpaired) electrons. The van der Waals surface area contributed by atoms with Gasteiger partial charge in [-0.1, -0.05) is 0 Å². The van der Waals surface area contributed by atoms with Gasteiger partial charge >= 0.3 is 0 Å². The summed E-state index contributed by atoms with van der Waals surface area (Å²) in [6.45, 7) is 2.03. The molecule has 1 aromatic rings. The summed E-state index contributed by atoms with van der Waals surface area (Å²) in [5.41, 5.74) is 6.70. The van der Waals surface area contributed by atoms with Gasteiger partial charge in [-0.2, -0.15) is 0 Å². The van der Waals surface area contributed by atoms with Crippen molar-refractivity contribution < 1.29 is 14.2 Å². The Labute approximate surface area is 123 Å². The van der Waals surface area contributed by atoms with Gasteiger partial charge in [0.2, 0.25) is 0 Å². The summed E-state index contributed by atoms with van der Waals surface area (Å²) in [5, 5.41) is 0. The number of rotatable bonds is 9. The fourth-order valence-electron chi connectivity index (χ4n) is 1.75. The minimum atomic E-state index is 0.618. The van der Waals surface area contributed by atoms with Gasteiger partial charge < -0.3 is 19.9 Å². The quantitative estimate of drug-likeness (QED) is 0.707. The van der Waals surface area contributed by atoms with Crippen LogP contribution in [-0.2, 0) is 11.2 Å². The fourth-order valence-corrected chi connectivity index (χ4v) is 2.35. The molecule has 0 aliphatic rings. The molecular formula is C14H22BrNO3. The summed E-state index contributed by atoms with van der Waals surface area (Å²) in [6, 6.07) is 4.00. The van der Waals surface area contributed by atoms with Gasteiger partial charge in [-0.25, -0.2) is 0 Å². The van der Waals surface area contributed by atoms with Crippen LogP contribution in [0, 0.1) is 0 Å². The first-order chi connectivity index (χ1) is 9.22. The Bertz CT molecular complexity index is 385. The van der Waals surface area contributed by atoms with E-state index in [0.717, 1.165) is 47.4 Å². The average Bonchev–Trinajstić information content (AvgIpc) is 2.40. The van der Waals surface area contributed by atoms with E-state index < -0.39 is 0 Å². The lowest BCUT2D eigenvalue weighted by molar-refractivity contribution is 0.183. The van der Waals surface area contributed by atoms with Crippen molar-refractivity contribution >= 4 is 15.9 Å². The molecule has 0 atom stereocenters. The molecule has 0 heterocycles. The SMILES string of the molecule is COCCCCOc1c(Br)cc(CCN)cc1OC. The first-order valence-corrected chi connectivity index (χ1v) is 7.20. The van der Waals surface area contributed by atoms with Gasteiger partial charge in [0.15, 0.2) is 11.5 Å². The lowest BCUT2D eigenvalue weighted by Gasteiger charge is -2.14. The molecule has 2 N–H and O–H groups in total. The first-order valence-electron chi connectivity index (χ1n) is 6.41. The first kappa shape index (κ1) is 16.3. The van der Waals surface area contributed by atoms with E-state index in [0.29, 0.717) is 13.2 Å². The highest BCUT2D eigenvalue weighted by atomic mass is 79.9. The number of methoxy groups -OCH3 is 2. The van der Waals surface area contributed by atoms with Crippen LogP contribution in [0.4, 0.5) is 0 Å². The van der Waals surface area contributed by atoms with E-state index in [4.69, 9.17) is 19.9 Å². The largest absolute Gasteiger partial charge is 0.493 e. The summed E-state index contributed by atoms with van der Waals surface area (Å²) < 4.78 is 17.1. The third kappa shape index (κ3) is 5.38. The Hall–Kier alpha value is -0.780. The molecule has 0 aliphatic heterocycles. The Balaban J connectivity index is 2.65. The van der Waals surface area contributed by atoms with E-state index >= 15 is 0 Å². The lowest BCUT2D eigenvalue weighted by atomic mass is 10.1. The maximum Gasteiger partial charge on any atom is 0.175 e. The van der Waals surface area contributed by atoms with E-state index in [2.05, 4.69) is 15.9 Å². The van der Waals surface area contributed by atoms with Crippen LogP contribution < -0.4 is 15.2 Å². The topological polar surface area (TPSA) is 53.7 Å². The third-order valence-electron chi connectivity index (χ3n) is 2.71. The maximum absolute atomic E-state index is 5.78. The van der Waals surface area contributed by atoms with Crippen LogP contribution in [0.2, 0.25) is 0 Å². The second-order valence-corrected chi connectivity index (χ2v) is 5.05. The second-order valence-electron chi connectivity index (χ2n) is 4.20. The van der Waals surface area contributed by atoms with Crippen molar-refractivity contribution in [1.29, 1.82) is 0 Å². The van der Waals surface area contributed by atoms with Gasteiger partial charge in [0.25, 0.3) is 0 Å². The Morgan fingerprint density at radius 1 is 1.16 bits per heavy atom. The van der Waals surface area contributed by atoms with Crippen LogP contribution in [-0.4, -0.2) is 34.0 Å². The van der Waals surface area contributed by atoms with E-state index in [1.165, 1.54) is 0 Å².